The smallest absolute Gasteiger partial charge is 0.347 e. The summed E-state index contributed by atoms with van der Waals surface area (Å²) in [6, 6.07) is 13.1. The lowest BCUT2D eigenvalue weighted by molar-refractivity contribution is -0.152. The lowest BCUT2D eigenvalue weighted by Gasteiger charge is -2.21. The minimum absolute atomic E-state index is 0.199. The highest BCUT2D eigenvalue weighted by molar-refractivity contribution is 6.34. The molecule has 0 radical (unpaired) electrons. The maximum atomic E-state index is 12.4. The Kier molecular flexibility index (Phi) is 4.52. The van der Waals surface area contributed by atoms with Crippen LogP contribution in [0.15, 0.2) is 48.5 Å². The molecule has 0 aliphatic carbocycles. The molecule has 0 fully saturated rings. The molecule has 2 aromatic rings. The first-order valence-electron chi connectivity index (χ1n) is 6.63. The van der Waals surface area contributed by atoms with Gasteiger partial charge >= 0.3 is 5.97 Å². The molecular formula is C17H15ClO4. The Labute approximate surface area is 133 Å². The molecule has 5 heteroatoms. The van der Waals surface area contributed by atoms with Gasteiger partial charge in [0.1, 0.15) is 5.75 Å². The summed E-state index contributed by atoms with van der Waals surface area (Å²) in [5.41, 5.74) is -0.467. The van der Waals surface area contributed by atoms with Crippen LogP contribution in [0.2, 0.25) is 5.02 Å². The molecule has 0 saturated heterocycles. The fraction of sp³-hybridized carbons (Fsp3) is 0.176. The number of carboxylic acids is 1. The highest BCUT2D eigenvalue weighted by Crippen LogP contribution is 2.23. The van der Waals surface area contributed by atoms with Gasteiger partial charge < -0.3 is 9.84 Å². The van der Waals surface area contributed by atoms with Crippen LogP contribution in [0.3, 0.4) is 0 Å². The standard InChI is InChI=1S/C17H15ClO4/c1-17(2,16(20)21)22-12-9-7-11(8-10-12)15(19)13-5-3-4-6-14(13)18/h3-10H,1-2H3,(H,20,21). The largest absolute Gasteiger partial charge is 0.478 e. The Bertz CT molecular complexity index is 705. The number of benzene rings is 2. The molecule has 0 aromatic heterocycles. The summed E-state index contributed by atoms with van der Waals surface area (Å²) in [5, 5.41) is 9.42. The first-order valence-corrected chi connectivity index (χ1v) is 7.01. The van der Waals surface area contributed by atoms with Crippen LogP contribution in [0.4, 0.5) is 0 Å². The molecule has 4 nitrogen and oxygen atoms in total. The van der Waals surface area contributed by atoms with Crippen LogP contribution in [0.25, 0.3) is 0 Å². The van der Waals surface area contributed by atoms with Gasteiger partial charge in [0.05, 0.1) is 5.02 Å². The van der Waals surface area contributed by atoms with Gasteiger partial charge in [-0.3, -0.25) is 4.79 Å². The van der Waals surface area contributed by atoms with E-state index in [1.807, 2.05) is 0 Å². The van der Waals surface area contributed by atoms with Crippen molar-refractivity contribution < 1.29 is 19.4 Å². The Balaban J connectivity index is 2.21. The lowest BCUT2D eigenvalue weighted by atomic mass is 10.0. The van der Waals surface area contributed by atoms with Crippen molar-refractivity contribution in [3.63, 3.8) is 0 Å². The zero-order chi connectivity index (χ0) is 16.3. The van der Waals surface area contributed by atoms with Crippen LogP contribution in [-0.2, 0) is 4.79 Å². The van der Waals surface area contributed by atoms with Crippen molar-refractivity contribution in [2.24, 2.45) is 0 Å². The van der Waals surface area contributed by atoms with E-state index in [0.29, 0.717) is 21.9 Å². The monoisotopic (exact) mass is 318 g/mol. The van der Waals surface area contributed by atoms with Crippen LogP contribution in [0.5, 0.6) is 5.75 Å². The third kappa shape index (κ3) is 3.46. The minimum Gasteiger partial charge on any atom is -0.478 e. The molecule has 0 heterocycles. The van der Waals surface area contributed by atoms with Crippen LogP contribution in [-0.4, -0.2) is 22.5 Å². The second-order valence-electron chi connectivity index (χ2n) is 5.25. The molecule has 0 amide bonds. The third-order valence-electron chi connectivity index (χ3n) is 3.12. The van der Waals surface area contributed by atoms with Gasteiger partial charge in [0.2, 0.25) is 0 Å². The topological polar surface area (TPSA) is 63.6 Å². The summed E-state index contributed by atoms with van der Waals surface area (Å²) >= 11 is 6.01. The molecule has 0 spiro atoms. The first kappa shape index (κ1) is 16.0. The van der Waals surface area contributed by atoms with Gasteiger partial charge in [0, 0.05) is 11.1 Å². The Morgan fingerprint density at radius 2 is 1.64 bits per heavy atom. The molecule has 0 bridgehead atoms. The summed E-state index contributed by atoms with van der Waals surface area (Å²) in [6.45, 7) is 2.91. The van der Waals surface area contributed by atoms with E-state index in [1.54, 1.807) is 48.5 Å². The van der Waals surface area contributed by atoms with Crippen LogP contribution in [0.1, 0.15) is 29.8 Å². The van der Waals surface area contributed by atoms with Gasteiger partial charge in [0.15, 0.2) is 11.4 Å². The number of hydrogen-bond donors (Lipinski definition) is 1. The fourth-order valence-corrected chi connectivity index (χ4v) is 2.04. The Morgan fingerprint density at radius 3 is 2.18 bits per heavy atom. The number of aliphatic carboxylic acids is 1. The van der Waals surface area contributed by atoms with Crippen molar-refractivity contribution in [2.45, 2.75) is 19.4 Å². The summed E-state index contributed by atoms with van der Waals surface area (Å²) in [5.74, 6) is -0.888. The number of ketones is 1. The van der Waals surface area contributed by atoms with Crippen molar-refractivity contribution in [2.75, 3.05) is 0 Å². The Morgan fingerprint density at radius 1 is 1.05 bits per heavy atom. The van der Waals surface area contributed by atoms with Crippen LogP contribution < -0.4 is 4.74 Å². The minimum atomic E-state index is -1.34. The highest BCUT2D eigenvalue weighted by Gasteiger charge is 2.29. The number of hydrogen-bond acceptors (Lipinski definition) is 3. The van der Waals surface area contributed by atoms with E-state index in [1.165, 1.54) is 13.8 Å². The van der Waals surface area contributed by atoms with Gasteiger partial charge in [-0.05, 0) is 50.2 Å². The first-order chi connectivity index (χ1) is 10.3. The number of carbonyl (C=O) groups excluding carboxylic acids is 1. The van der Waals surface area contributed by atoms with Gasteiger partial charge in [-0.1, -0.05) is 23.7 Å². The van der Waals surface area contributed by atoms with E-state index >= 15 is 0 Å². The number of rotatable bonds is 5. The predicted molar refractivity (Wildman–Crippen MR) is 83.7 cm³/mol. The summed E-state index contributed by atoms with van der Waals surface area (Å²) in [6.07, 6.45) is 0. The quantitative estimate of drug-likeness (QED) is 0.851. The zero-order valence-electron chi connectivity index (χ0n) is 12.2. The van der Waals surface area contributed by atoms with Crippen molar-refractivity contribution in [3.8, 4) is 5.75 Å². The molecular weight excluding hydrogens is 304 g/mol. The lowest BCUT2D eigenvalue weighted by Crippen LogP contribution is -2.37. The second-order valence-corrected chi connectivity index (χ2v) is 5.66. The van der Waals surface area contributed by atoms with E-state index in [-0.39, 0.29) is 5.78 Å². The zero-order valence-corrected chi connectivity index (χ0v) is 12.9. The average Bonchev–Trinajstić information content (AvgIpc) is 2.47. The van der Waals surface area contributed by atoms with Gasteiger partial charge in [-0.25, -0.2) is 4.79 Å². The van der Waals surface area contributed by atoms with E-state index in [2.05, 4.69) is 0 Å². The number of ether oxygens (including phenoxy) is 1. The maximum absolute atomic E-state index is 12.4. The molecule has 0 aliphatic heterocycles. The summed E-state index contributed by atoms with van der Waals surface area (Å²) in [4.78, 5) is 23.4. The maximum Gasteiger partial charge on any atom is 0.347 e. The fourth-order valence-electron chi connectivity index (χ4n) is 1.81. The molecule has 2 aromatic carbocycles. The third-order valence-corrected chi connectivity index (χ3v) is 3.45. The molecule has 114 valence electrons. The SMILES string of the molecule is CC(C)(Oc1ccc(C(=O)c2ccccc2Cl)cc1)C(=O)O. The molecule has 1 N–H and O–H groups in total. The van der Waals surface area contributed by atoms with Crippen molar-refractivity contribution in [1.29, 1.82) is 0 Å². The molecule has 0 aliphatic rings. The van der Waals surface area contributed by atoms with Crippen molar-refractivity contribution in [1.82, 2.24) is 0 Å². The van der Waals surface area contributed by atoms with E-state index in [9.17, 15) is 9.59 Å². The highest BCUT2D eigenvalue weighted by atomic mass is 35.5. The van der Waals surface area contributed by atoms with Gasteiger partial charge in [-0.2, -0.15) is 0 Å². The summed E-state index contributed by atoms with van der Waals surface area (Å²) < 4.78 is 5.39. The van der Waals surface area contributed by atoms with Crippen molar-refractivity contribution >= 4 is 23.4 Å². The number of halogens is 1. The molecule has 0 atom stereocenters. The average molecular weight is 319 g/mol. The van der Waals surface area contributed by atoms with Crippen LogP contribution >= 0.6 is 11.6 Å². The predicted octanol–water partition coefficient (Wildman–Crippen LogP) is 3.81. The molecule has 0 unspecified atom stereocenters. The molecule has 2 rings (SSSR count). The number of carboxylic acid groups (broad SMARTS) is 1. The summed E-state index contributed by atoms with van der Waals surface area (Å²) in [7, 11) is 0. The molecule has 0 saturated carbocycles. The van der Waals surface area contributed by atoms with E-state index < -0.39 is 11.6 Å². The normalized spacial score (nSPS) is 11.0. The van der Waals surface area contributed by atoms with Gasteiger partial charge in [-0.15, -0.1) is 0 Å². The van der Waals surface area contributed by atoms with E-state index in [4.69, 9.17) is 21.4 Å². The van der Waals surface area contributed by atoms with Gasteiger partial charge in [0.25, 0.3) is 0 Å². The second kappa shape index (κ2) is 6.20. The van der Waals surface area contributed by atoms with E-state index in [0.717, 1.165) is 0 Å². The molecule has 22 heavy (non-hydrogen) atoms. The van der Waals surface area contributed by atoms with Crippen LogP contribution in [0, 0.1) is 0 Å². The number of carbonyl (C=O) groups is 2. The van der Waals surface area contributed by atoms with Crippen molar-refractivity contribution in [3.05, 3.63) is 64.7 Å². The Hall–Kier alpha value is -2.33.